The van der Waals surface area contributed by atoms with Crippen LogP contribution in [0.1, 0.15) is 51.5 Å². The molecule has 0 amide bonds. The second kappa shape index (κ2) is 7.85. The molecule has 0 unspecified atom stereocenters. The number of aromatic amines is 1. The summed E-state index contributed by atoms with van der Waals surface area (Å²) in [5.41, 5.74) is 0.635. The van der Waals surface area contributed by atoms with Crippen molar-refractivity contribution in [1.29, 1.82) is 0 Å². The first-order valence-corrected chi connectivity index (χ1v) is 8.30. The van der Waals surface area contributed by atoms with Crippen LogP contribution in [0.25, 0.3) is 0 Å². The number of nitrogens with one attached hydrogen (secondary N) is 1. The van der Waals surface area contributed by atoms with Crippen molar-refractivity contribution >= 4 is 11.8 Å². The van der Waals surface area contributed by atoms with Gasteiger partial charge >= 0.3 is 12.1 Å². The molecule has 1 atom stereocenters. The average Bonchev–Trinajstić information content (AvgIpc) is 2.88. The van der Waals surface area contributed by atoms with Gasteiger partial charge in [0.25, 0.3) is 0 Å². The first-order chi connectivity index (χ1) is 12.6. The molecule has 2 rings (SSSR count). The molecule has 1 N–H and O–H groups in total. The lowest BCUT2D eigenvalue weighted by atomic mass is 10.1. The van der Waals surface area contributed by atoms with E-state index in [0.717, 1.165) is 24.3 Å². The maximum Gasteiger partial charge on any atom is 0.416 e. The van der Waals surface area contributed by atoms with Crippen molar-refractivity contribution in [2.75, 3.05) is 6.61 Å². The maximum absolute atomic E-state index is 12.7. The SMILES string of the molecule is CCOC(=O)c1c(C)[nH]c(C(=O)[C@@H](C)Oc2ccc(C(F)(F)F)cc2)c1C. The van der Waals surface area contributed by atoms with Crippen molar-refractivity contribution in [3.05, 3.63) is 52.3 Å². The number of aromatic nitrogens is 1. The third-order valence-electron chi connectivity index (χ3n) is 4.03. The molecule has 1 heterocycles. The average molecular weight is 383 g/mol. The van der Waals surface area contributed by atoms with E-state index in [1.165, 1.54) is 6.92 Å². The van der Waals surface area contributed by atoms with Crippen LogP contribution in [0.3, 0.4) is 0 Å². The fourth-order valence-electron chi connectivity index (χ4n) is 2.69. The Morgan fingerprint density at radius 1 is 1.15 bits per heavy atom. The summed E-state index contributed by atoms with van der Waals surface area (Å²) in [7, 11) is 0. The number of benzene rings is 1. The van der Waals surface area contributed by atoms with Crippen molar-refractivity contribution < 1.29 is 32.2 Å². The van der Waals surface area contributed by atoms with E-state index in [1.807, 2.05) is 0 Å². The summed E-state index contributed by atoms with van der Waals surface area (Å²) in [6.07, 6.45) is -5.41. The number of ketones is 1. The van der Waals surface area contributed by atoms with E-state index in [1.54, 1.807) is 20.8 Å². The third-order valence-corrected chi connectivity index (χ3v) is 4.03. The molecule has 27 heavy (non-hydrogen) atoms. The van der Waals surface area contributed by atoms with E-state index in [4.69, 9.17) is 9.47 Å². The topological polar surface area (TPSA) is 68.4 Å². The summed E-state index contributed by atoms with van der Waals surface area (Å²) in [6, 6.07) is 4.08. The fourth-order valence-corrected chi connectivity index (χ4v) is 2.69. The Kier molecular flexibility index (Phi) is 5.98. The lowest BCUT2D eigenvalue weighted by molar-refractivity contribution is -0.137. The van der Waals surface area contributed by atoms with Gasteiger partial charge in [0.2, 0.25) is 5.78 Å². The maximum atomic E-state index is 12.7. The molecule has 5 nitrogen and oxygen atoms in total. The molecule has 2 aromatic rings. The third kappa shape index (κ3) is 4.50. The highest BCUT2D eigenvalue weighted by Gasteiger charge is 2.30. The van der Waals surface area contributed by atoms with Gasteiger partial charge in [-0.2, -0.15) is 13.2 Å². The van der Waals surface area contributed by atoms with Crippen LogP contribution < -0.4 is 4.74 Å². The van der Waals surface area contributed by atoms with Gasteiger partial charge in [-0.15, -0.1) is 0 Å². The summed E-state index contributed by atoms with van der Waals surface area (Å²) >= 11 is 0. The largest absolute Gasteiger partial charge is 0.483 e. The number of hydrogen-bond acceptors (Lipinski definition) is 4. The zero-order valence-corrected chi connectivity index (χ0v) is 15.4. The Morgan fingerprint density at radius 3 is 2.26 bits per heavy atom. The Bertz CT molecular complexity index is 838. The van der Waals surface area contributed by atoms with Gasteiger partial charge < -0.3 is 14.5 Å². The molecule has 1 aromatic carbocycles. The molecule has 0 aliphatic carbocycles. The number of halogens is 3. The summed E-state index contributed by atoms with van der Waals surface area (Å²) < 4.78 is 48.2. The van der Waals surface area contributed by atoms with Crippen LogP contribution in [-0.2, 0) is 10.9 Å². The number of esters is 1. The minimum Gasteiger partial charge on any atom is -0.483 e. The van der Waals surface area contributed by atoms with Gasteiger partial charge in [-0.25, -0.2) is 4.79 Å². The van der Waals surface area contributed by atoms with Crippen LogP contribution in [0.5, 0.6) is 5.75 Å². The molecule has 0 bridgehead atoms. The second-order valence-electron chi connectivity index (χ2n) is 5.99. The van der Waals surface area contributed by atoms with Crippen LogP contribution >= 0.6 is 0 Å². The van der Waals surface area contributed by atoms with E-state index in [0.29, 0.717) is 16.8 Å². The van der Waals surface area contributed by atoms with Crippen molar-refractivity contribution in [3.63, 3.8) is 0 Å². The lowest BCUT2D eigenvalue weighted by Gasteiger charge is -2.14. The van der Waals surface area contributed by atoms with Crippen LogP contribution in [0.4, 0.5) is 13.2 Å². The molecule has 0 spiro atoms. The predicted octanol–water partition coefficient (Wildman–Crippen LogP) is 4.48. The molecule has 8 heteroatoms. The molecule has 1 aromatic heterocycles. The van der Waals surface area contributed by atoms with Gasteiger partial charge in [0, 0.05) is 5.69 Å². The number of alkyl halides is 3. The normalized spacial score (nSPS) is 12.6. The predicted molar refractivity (Wildman–Crippen MR) is 92.1 cm³/mol. The zero-order valence-electron chi connectivity index (χ0n) is 15.4. The lowest BCUT2D eigenvalue weighted by Crippen LogP contribution is -2.25. The minimum atomic E-state index is -4.44. The second-order valence-corrected chi connectivity index (χ2v) is 5.99. The van der Waals surface area contributed by atoms with Crippen molar-refractivity contribution in [2.24, 2.45) is 0 Å². The van der Waals surface area contributed by atoms with Gasteiger partial charge in [0.05, 0.1) is 23.4 Å². The van der Waals surface area contributed by atoms with Crippen LogP contribution in [0.2, 0.25) is 0 Å². The fraction of sp³-hybridized carbons (Fsp3) is 0.368. The Balaban J connectivity index is 2.18. The molecule has 146 valence electrons. The molecule has 0 saturated heterocycles. The smallest absolute Gasteiger partial charge is 0.416 e. The van der Waals surface area contributed by atoms with E-state index < -0.39 is 29.6 Å². The number of ether oxygens (including phenoxy) is 2. The van der Waals surface area contributed by atoms with E-state index in [-0.39, 0.29) is 18.1 Å². The van der Waals surface area contributed by atoms with Gasteiger partial charge in [-0.1, -0.05) is 0 Å². The summed E-state index contributed by atoms with van der Waals surface area (Å²) in [4.78, 5) is 27.5. The van der Waals surface area contributed by atoms with E-state index in [2.05, 4.69) is 4.98 Å². The standard InChI is InChI=1S/C19H20F3NO4/c1-5-26-18(25)15-10(2)16(23-11(15)3)17(24)12(4)27-14-8-6-13(7-9-14)19(20,21)22/h6-9,12,23H,5H2,1-4H3/t12-/m1/s1. The molecule has 0 radical (unpaired) electrons. The van der Waals surface area contributed by atoms with Gasteiger partial charge in [-0.3, -0.25) is 4.79 Å². The van der Waals surface area contributed by atoms with Gasteiger partial charge in [0.1, 0.15) is 5.75 Å². The van der Waals surface area contributed by atoms with Crippen LogP contribution in [0.15, 0.2) is 24.3 Å². The first kappa shape index (κ1) is 20.5. The highest BCUT2D eigenvalue weighted by Crippen LogP contribution is 2.30. The van der Waals surface area contributed by atoms with Gasteiger partial charge in [-0.05, 0) is 57.5 Å². The molecular formula is C19H20F3NO4. The quantitative estimate of drug-likeness (QED) is 0.590. The number of carbonyl (C=O) groups excluding carboxylic acids is 2. The zero-order chi connectivity index (χ0) is 20.4. The Hall–Kier alpha value is -2.77. The molecular weight excluding hydrogens is 363 g/mol. The van der Waals surface area contributed by atoms with Crippen molar-refractivity contribution in [1.82, 2.24) is 4.98 Å². The Labute approximate surface area is 154 Å². The summed E-state index contributed by atoms with van der Waals surface area (Å²) in [5, 5.41) is 0. The van der Waals surface area contributed by atoms with Crippen LogP contribution in [-0.4, -0.2) is 29.4 Å². The first-order valence-electron chi connectivity index (χ1n) is 8.30. The molecule has 0 aliphatic heterocycles. The monoisotopic (exact) mass is 383 g/mol. The van der Waals surface area contributed by atoms with Crippen molar-refractivity contribution in [3.8, 4) is 5.75 Å². The minimum absolute atomic E-state index is 0.135. The number of aryl methyl sites for hydroxylation is 1. The Morgan fingerprint density at radius 2 is 1.74 bits per heavy atom. The summed E-state index contributed by atoms with van der Waals surface area (Å²) in [6.45, 7) is 6.64. The van der Waals surface area contributed by atoms with Crippen molar-refractivity contribution in [2.45, 2.75) is 40.0 Å². The number of carbonyl (C=O) groups is 2. The molecule has 0 fully saturated rings. The van der Waals surface area contributed by atoms with E-state index >= 15 is 0 Å². The number of hydrogen-bond donors (Lipinski definition) is 1. The number of rotatable bonds is 6. The van der Waals surface area contributed by atoms with Gasteiger partial charge in [0.15, 0.2) is 6.10 Å². The highest BCUT2D eigenvalue weighted by atomic mass is 19.4. The molecule has 0 aliphatic rings. The number of Topliss-reactive ketones (excluding diaryl/α,β-unsaturated/α-hetero) is 1. The highest BCUT2D eigenvalue weighted by molar-refractivity contribution is 6.03. The molecule has 0 saturated carbocycles. The van der Waals surface area contributed by atoms with Crippen LogP contribution in [0, 0.1) is 13.8 Å². The number of H-pyrrole nitrogens is 1. The summed E-state index contributed by atoms with van der Waals surface area (Å²) in [5.74, 6) is -0.819. The van der Waals surface area contributed by atoms with E-state index in [9.17, 15) is 22.8 Å².